The van der Waals surface area contributed by atoms with Gasteiger partial charge >= 0.3 is 0 Å². The Morgan fingerprint density at radius 1 is 1.48 bits per heavy atom. The van der Waals surface area contributed by atoms with E-state index in [1.54, 1.807) is 7.05 Å². The van der Waals surface area contributed by atoms with Crippen molar-refractivity contribution in [3.63, 3.8) is 0 Å². The summed E-state index contributed by atoms with van der Waals surface area (Å²) < 4.78 is 1.18. The molecule has 6 heteroatoms. The zero-order valence-corrected chi connectivity index (χ0v) is 13.0. The highest BCUT2D eigenvalue weighted by Crippen LogP contribution is 2.17. The topological polar surface area (TPSA) is 67.2 Å². The van der Waals surface area contributed by atoms with Crippen LogP contribution in [0.2, 0.25) is 0 Å². The zero-order chi connectivity index (χ0) is 15.4. The second-order valence-electron chi connectivity index (χ2n) is 5.99. The molecule has 1 aliphatic heterocycles. The van der Waals surface area contributed by atoms with Crippen molar-refractivity contribution in [2.24, 2.45) is 13.0 Å². The van der Waals surface area contributed by atoms with Gasteiger partial charge in [0.25, 0.3) is 11.5 Å². The molecule has 1 aliphatic rings. The van der Waals surface area contributed by atoms with Crippen LogP contribution in [0.3, 0.4) is 0 Å². The fourth-order valence-corrected chi connectivity index (χ4v) is 2.68. The predicted molar refractivity (Wildman–Crippen MR) is 81.2 cm³/mol. The van der Waals surface area contributed by atoms with Gasteiger partial charge in [-0.2, -0.15) is 5.10 Å². The second kappa shape index (κ2) is 6.85. The van der Waals surface area contributed by atoms with Crippen LogP contribution in [0.25, 0.3) is 0 Å². The third-order valence-corrected chi connectivity index (χ3v) is 4.03. The average molecular weight is 292 g/mol. The number of nitrogens with zero attached hydrogens (tertiary/aromatic N) is 3. The summed E-state index contributed by atoms with van der Waals surface area (Å²) in [5, 5.41) is 6.89. The second-order valence-corrected chi connectivity index (χ2v) is 5.99. The van der Waals surface area contributed by atoms with Gasteiger partial charge < -0.3 is 10.2 Å². The standard InChI is InChI=1S/C15H24N4O2/c1-11(2)19-8-4-5-12(10-19)9-16-15(21)13-6-7-14(20)18(3)17-13/h6-7,11-12H,4-5,8-10H2,1-3H3,(H,16,21)/t12-/m1/s1. The molecule has 6 nitrogen and oxygen atoms in total. The molecule has 1 amide bonds. The van der Waals surface area contributed by atoms with E-state index in [-0.39, 0.29) is 17.2 Å². The molecule has 0 saturated carbocycles. The Labute approximate surface area is 125 Å². The van der Waals surface area contributed by atoms with Gasteiger partial charge in [0, 0.05) is 32.2 Å². The number of likely N-dealkylation sites (tertiary alicyclic amines) is 1. The van der Waals surface area contributed by atoms with Crippen LogP contribution in [0, 0.1) is 5.92 Å². The van der Waals surface area contributed by atoms with E-state index in [9.17, 15) is 9.59 Å². The summed E-state index contributed by atoms with van der Waals surface area (Å²) in [6, 6.07) is 3.39. The molecule has 1 aromatic heterocycles. The molecule has 21 heavy (non-hydrogen) atoms. The van der Waals surface area contributed by atoms with Crippen molar-refractivity contribution < 1.29 is 4.79 Å². The summed E-state index contributed by atoms with van der Waals surface area (Å²) in [7, 11) is 1.54. The molecule has 2 heterocycles. The molecular formula is C15H24N4O2. The third-order valence-electron chi connectivity index (χ3n) is 4.03. The Morgan fingerprint density at radius 3 is 2.90 bits per heavy atom. The van der Waals surface area contributed by atoms with Crippen molar-refractivity contribution in [2.75, 3.05) is 19.6 Å². The summed E-state index contributed by atoms with van der Waals surface area (Å²) >= 11 is 0. The number of piperidine rings is 1. The van der Waals surface area contributed by atoms with Crippen LogP contribution < -0.4 is 10.9 Å². The molecule has 0 bridgehead atoms. The van der Waals surface area contributed by atoms with E-state index < -0.39 is 0 Å². The van der Waals surface area contributed by atoms with Gasteiger partial charge in [0.05, 0.1) is 0 Å². The van der Waals surface area contributed by atoms with Crippen molar-refractivity contribution in [2.45, 2.75) is 32.7 Å². The van der Waals surface area contributed by atoms with Crippen LogP contribution in [-0.2, 0) is 7.05 Å². The first-order valence-corrected chi connectivity index (χ1v) is 7.54. The molecule has 0 unspecified atom stereocenters. The lowest BCUT2D eigenvalue weighted by molar-refractivity contribution is 0.0915. The van der Waals surface area contributed by atoms with Crippen LogP contribution in [0.15, 0.2) is 16.9 Å². The van der Waals surface area contributed by atoms with E-state index in [1.807, 2.05) is 0 Å². The molecule has 1 N–H and O–H groups in total. The van der Waals surface area contributed by atoms with Crippen molar-refractivity contribution in [1.29, 1.82) is 0 Å². The molecule has 0 aliphatic carbocycles. The normalized spacial score (nSPS) is 19.7. The number of hydrogen-bond donors (Lipinski definition) is 1. The van der Waals surface area contributed by atoms with E-state index in [2.05, 4.69) is 29.2 Å². The van der Waals surface area contributed by atoms with Gasteiger partial charge in [-0.1, -0.05) is 0 Å². The fraction of sp³-hybridized carbons (Fsp3) is 0.667. The van der Waals surface area contributed by atoms with Crippen molar-refractivity contribution in [3.05, 3.63) is 28.2 Å². The van der Waals surface area contributed by atoms with Gasteiger partial charge in [0.2, 0.25) is 0 Å². The first kappa shape index (κ1) is 15.7. The minimum Gasteiger partial charge on any atom is -0.350 e. The minimum absolute atomic E-state index is 0.215. The maximum atomic E-state index is 12.1. The predicted octanol–water partition coefficient (Wildman–Crippen LogP) is 0.631. The lowest BCUT2D eigenvalue weighted by Crippen LogP contribution is -2.44. The van der Waals surface area contributed by atoms with Crippen LogP contribution in [-0.4, -0.2) is 46.3 Å². The van der Waals surface area contributed by atoms with Gasteiger partial charge in [-0.15, -0.1) is 0 Å². The lowest BCUT2D eigenvalue weighted by atomic mass is 9.97. The fourth-order valence-electron chi connectivity index (χ4n) is 2.68. The van der Waals surface area contributed by atoms with E-state index >= 15 is 0 Å². The highest BCUT2D eigenvalue weighted by atomic mass is 16.2. The first-order valence-electron chi connectivity index (χ1n) is 7.54. The van der Waals surface area contributed by atoms with Gasteiger partial charge in [-0.25, -0.2) is 4.68 Å². The molecule has 0 aromatic carbocycles. The molecular weight excluding hydrogens is 268 g/mol. The monoisotopic (exact) mass is 292 g/mol. The first-order chi connectivity index (χ1) is 9.97. The maximum Gasteiger partial charge on any atom is 0.271 e. The molecule has 1 fully saturated rings. The molecule has 0 radical (unpaired) electrons. The number of rotatable bonds is 4. The zero-order valence-electron chi connectivity index (χ0n) is 13.0. The van der Waals surface area contributed by atoms with Gasteiger partial charge in [-0.05, 0) is 45.2 Å². The summed E-state index contributed by atoms with van der Waals surface area (Å²) in [4.78, 5) is 25.8. The number of aryl methyl sites for hydroxylation is 1. The lowest BCUT2D eigenvalue weighted by Gasteiger charge is -2.35. The minimum atomic E-state index is -0.216. The average Bonchev–Trinajstić information content (AvgIpc) is 2.48. The van der Waals surface area contributed by atoms with Crippen LogP contribution in [0.5, 0.6) is 0 Å². The molecule has 0 spiro atoms. The van der Waals surface area contributed by atoms with E-state index in [0.717, 1.165) is 19.5 Å². The molecule has 2 rings (SSSR count). The largest absolute Gasteiger partial charge is 0.350 e. The number of carbonyl (C=O) groups is 1. The smallest absolute Gasteiger partial charge is 0.271 e. The molecule has 116 valence electrons. The Bertz CT molecular complexity index is 553. The Morgan fingerprint density at radius 2 is 2.24 bits per heavy atom. The van der Waals surface area contributed by atoms with Gasteiger partial charge in [0.1, 0.15) is 5.69 Å². The number of aromatic nitrogens is 2. The van der Waals surface area contributed by atoms with E-state index in [4.69, 9.17) is 0 Å². The SMILES string of the molecule is CC(C)N1CCC[C@H](CNC(=O)c2ccc(=O)n(C)n2)C1. The number of carbonyl (C=O) groups excluding carboxylic acids is 1. The quantitative estimate of drug-likeness (QED) is 0.884. The Kier molecular flexibility index (Phi) is 5.12. The highest BCUT2D eigenvalue weighted by Gasteiger charge is 2.22. The van der Waals surface area contributed by atoms with Crippen molar-refractivity contribution in [1.82, 2.24) is 20.0 Å². The molecule has 1 atom stereocenters. The summed E-state index contributed by atoms with van der Waals surface area (Å²) in [5.41, 5.74) is 0.0695. The third kappa shape index (κ3) is 4.14. The molecule has 1 aromatic rings. The van der Waals surface area contributed by atoms with Crippen LogP contribution in [0.4, 0.5) is 0 Å². The van der Waals surface area contributed by atoms with E-state index in [1.165, 1.54) is 23.2 Å². The molecule has 1 saturated heterocycles. The number of nitrogens with one attached hydrogen (secondary N) is 1. The summed E-state index contributed by atoms with van der Waals surface area (Å²) in [6.45, 7) is 7.24. The van der Waals surface area contributed by atoms with Gasteiger partial charge in [0.15, 0.2) is 0 Å². The number of hydrogen-bond acceptors (Lipinski definition) is 4. The summed E-state index contributed by atoms with van der Waals surface area (Å²) in [6.07, 6.45) is 2.32. The maximum absolute atomic E-state index is 12.1. The Hall–Kier alpha value is -1.69. The van der Waals surface area contributed by atoms with Crippen LogP contribution in [0.1, 0.15) is 37.2 Å². The summed E-state index contributed by atoms with van der Waals surface area (Å²) in [5.74, 6) is 0.268. The highest BCUT2D eigenvalue weighted by molar-refractivity contribution is 5.91. The Balaban J connectivity index is 1.88. The van der Waals surface area contributed by atoms with Gasteiger partial charge in [-0.3, -0.25) is 9.59 Å². The van der Waals surface area contributed by atoms with E-state index in [0.29, 0.717) is 18.5 Å². The van der Waals surface area contributed by atoms with Crippen molar-refractivity contribution >= 4 is 5.91 Å². The number of amides is 1. The van der Waals surface area contributed by atoms with Crippen LogP contribution >= 0.6 is 0 Å². The van der Waals surface area contributed by atoms with Crippen molar-refractivity contribution in [3.8, 4) is 0 Å².